The highest BCUT2D eigenvalue weighted by atomic mass is 79.9. The largest absolute Gasteiger partial charge is 0.493 e. The van der Waals surface area contributed by atoms with Gasteiger partial charge in [0.1, 0.15) is 0 Å². The highest BCUT2D eigenvalue weighted by molar-refractivity contribution is 9.10. The van der Waals surface area contributed by atoms with Crippen LogP contribution in [0.25, 0.3) is 11.3 Å². The molecular weight excluding hydrogens is 498 g/mol. The summed E-state index contributed by atoms with van der Waals surface area (Å²) in [5.41, 5.74) is 5.29. The molecule has 0 atom stereocenters. The predicted octanol–water partition coefficient (Wildman–Crippen LogP) is 5.61. The van der Waals surface area contributed by atoms with Crippen molar-refractivity contribution < 1.29 is 14.3 Å². The number of methoxy groups -OCH3 is 1. The fourth-order valence-electron chi connectivity index (χ4n) is 2.56. The van der Waals surface area contributed by atoms with E-state index in [9.17, 15) is 4.79 Å². The number of nitrogens with zero attached hydrogens (tertiary/aromatic N) is 2. The zero-order valence-corrected chi connectivity index (χ0v) is 20.4. The van der Waals surface area contributed by atoms with Gasteiger partial charge in [-0.05, 0) is 40.0 Å². The first kappa shape index (κ1) is 23.3. The summed E-state index contributed by atoms with van der Waals surface area (Å²) in [5, 5.41) is 6.04. The molecule has 162 valence electrons. The number of aromatic nitrogens is 1. The molecule has 2 aromatic carbocycles. The number of hydrogen-bond acceptors (Lipinski definition) is 7. The highest BCUT2D eigenvalue weighted by Gasteiger charge is 2.11. The number of carbonyl (C=O) groups excluding carboxylic acids is 1. The molecular formula is C22H22BrN3O3S2. The molecule has 0 fully saturated rings. The van der Waals surface area contributed by atoms with Crippen LogP contribution in [0.2, 0.25) is 0 Å². The molecule has 0 aliphatic heterocycles. The molecule has 1 aromatic heterocycles. The van der Waals surface area contributed by atoms with Gasteiger partial charge in [-0.15, -0.1) is 11.3 Å². The van der Waals surface area contributed by atoms with Crippen molar-refractivity contribution in [2.24, 2.45) is 5.10 Å². The normalized spacial score (nSPS) is 10.9. The molecule has 3 rings (SSSR count). The molecule has 1 amide bonds. The van der Waals surface area contributed by atoms with Gasteiger partial charge in [0.2, 0.25) is 0 Å². The Kier molecular flexibility index (Phi) is 8.93. The van der Waals surface area contributed by atoms with Gasteiger partial charge in [-0.1, -0.05) is 49.0 Å². The van der Waals surface area contributed by atoms with Gasteiger partial charge in [0.05, 0.1) is 35.9 Å². The number of halogens is 1. The molecule has 0 aliphatic carbocycles. The van der Waals surface area contributed by atoms with Gasteiger partial charge in [-0.3, -0.25) is 4.79 Å². The van der Waals surface area contributed by atoms with Crippen molar-refractivity contribution in [2.75, 3.05) is 19.5 Å². The third-order valence-corrected chi connectivity index (χ3v) is 6.59. The van der Waals surface area contributed by atoms with Crippen LogP contribution in [-0.2, 0) is 4.79 Å². The van der Waals surface area contributed by atoms with Gasteiger partial charge < -0.3 is 9.47 Å². The summed E-state index contributed by atoms with van der Waals surface area (Å²) in [7, 11) is 1.59. The number of carbonyl (C=O) groups is 1. The van der Waals surface area contributed by atoms with Crippen LogP contribution in [0, 0.1) is 0 Å². The smallest absolute Gasteiger partial charge is 0.250 e. The van der Waals surface area contributed by atoms with Gasteiger partial charge in [0.25, 0.3) is 5.91 Å². The van der Waals surface area contributed by atoms with Crippen molar-refractivity contribution in [1.29, 1.82) is 0 Å². The molecule has 31 heavy (non-hydrogen) atoms. The van der Waals surface area contributed by atoms with Crippen LogP contribution in [0.3, 0.4) is 0 Å². The maximum absolute atomic E-state index is 12.1. The molecule has 0 saturated carbocycles. The predicted molar refractivity (Wildman–Crippen MR) is 130 cm³/mol. The minimum absolute atomic E-state index is 0.202. The maximum Gasteiger partial charge on any atom is 0.250 e. The Bertz CT molecular complexity index is 1040. The number of ether oxygens (including phenoxy) is 2. The number of rotatable bonds is 10. The number of amides is 1. The zero-order valence-electron chi connectivity index (χ0n) is 17.1. The zero-order chi connectivity index (χ0) is 22.1. The summed E-state index contributed by atoms with van der Waals surface area (Å²) in [4.78, 5) is 16.7. The molecule has 0 radical (unpaired) electrons. The van der Waals surface area contributed by atoms with Crippen LogP contribution in [0.5, 0.6) is 11.5 Å². The summed E-state index contributed by atoms with van der Waals surface area (Å²) < 4.78 is 12.7. The Hall–Kier alpha value is -2.36. The van der Waals surface area contributed by atoms with Crippen LogP contribution in [0.4, 0.5) is 0 Å². The lowest BCUT2D eigenvalue weighted by molar-refractivity contribution is -0.118. The van der Waals surface area contributed by atoms with Gasteiger partial charge in [0, 0.05) is 10.9 Å². The average molecular weight is 520 g/mol. The second-order valence-corrected chi connectivity index (χ2v) is 9.26. The van der Waals surface area contributed by atoms with E-state index < -0.39 is 0 Å². The Morgan fingerprint density at radius 2 is 2.13 bits per heavy atom. The van der Waals surface area contributed by atoms with Gasteiger partial charge >= 0.3 is 0 Å². The number of hydrazone groups is 1. The van der Waals surface area contributed by atoms with Gasteiger partial charge in [-0.2, -0.15) is 5.10 Å². The first-order valence-corrected chi connectivity index (χ1v) is 12.2. The highest BCUT2D eigenvalue weighted by Crippen LogP contribution is 2.36. The van der Waals surface area contributed by atoms with Gasteiger partial charge in [0.15, 0.2) is 15.8 Å². The number of thiazole rings is 1. The third-order valence-electron chi connectivity index (χ3n) is 3.98. The minimum Gasteiger partial charge on any atom is -0.493 e. The Morgan fingerprint density at radius 3 is 2.87 bits per heavy atom. The number of benzene rings is 2. The fourth-order valence-corrected chi connectivity index (χ4v) is 4.76. The molecule has 0 aliphatic rings. The summed E-state index contributed by atoms with van der Waals surface area (Å²) in [6, 6.07) is 13.6. The van der Waals surface area contributed by atoms with Crippen LogP contribution in [0.15, 0.2) is 61.8 Å². The third kappa shape index (κ3) is 6.81. The second kappa shape index (κ2) is 11.9. The van der Waals surface area contributed by atoms with E-state index in [1.165, 1.54) is 23.1 Å². The summed E-state index contributed by atoms with van der Waals surface area (Å²) in [5.74, 6) is 1.28. The van der Waals surface area contributed by atoms with Crippen molar-refractivity contribution in [1.82, 2.24) is 10.4 Å². The first-order valence-electron chi connectivity index (χ1n) is 9.56. The van der Waals surface area contributed by atoms with E-state index in [2.05, 4.69) is 31.4 Å². The lowest BCUT2D eigenvalue weighted by atomic mass is 10.2. The molecule has 0 unspecified atom stereocenters. The van der Waals surface area contributed by atoms with Crippen molar-refractivity contribution in [2.45, 2.75) is 17.7 Å². The summed E-state index contributed by atoms with van der Waals surface area (Å²) in [6.07, 6.45) is 2.47. The minimum atomic E-state index is -0.202. The van der Waals surface area contributed by atoms with E-state index in [0.717, 1.165) is 32.1 Å². The summed E-state index contributed by atoms with van der Waals surface area (Å²) in [6.45, 7) is 2.64. The molecule has 0 bridgehead atoms. The van der Waals surface area contributed by atoms with Crippen molar-refractivity contribution in [3.8, 4) is 22.8 Å². The summed E-state index contributed by atoms with van der Waals surface area (Å²) >= 11 is 6.40. The Labute approximate surface area is 198 Å². The molecule has 1 heterocycles. The average Bonchev–Trinajstić information content (AvgIpc) is 3.26. The molecule has 1 N–H and O–H groups in total. The molecule has 9 heteroatoms. The van der Waals surface area contributed by atoms with Crippen molar-refractivity contribution >= 4 is 51.2 Å². The Morgan fingerprint density at radius 1 is 1.32 bits per heavy atom. The van der Waals surface area contributed by atoms with Crippen molar-refractivity contribution in [3.63, 3.8) is 0 Å². The topological polar surface area (TPSA) is 72.8 Å². The fraction of sp³-hybridized carbons (Fsp3) is 0.227. The Balaban J connectivity index is 1.53. The van der Waals surface area contributed by atoms with E-state index in [0.29, 0.717) is 18.1 Å². The van der Waals surface area contributed by atoms with E-state index in [4.69, 9.17) is 9.47 Å². The van der Waals surface area contributed by atoms with Crippen molar-refractivity contribution in [3.05, 3.63) is 57.9 Å². The monoisotopic (exact) mass is 519 g/mol. The van der Waals surface area contributed by atoms with E-state index in [-0.39, 0.29) is 11.7 Å². The lowest BCUT2D eigenvalue weighted by Crippen LogP contribution is -2.19. The molecule has 3 aromatic rings. The number of nitrogens with one attached hydrogen (secondary N) is 1. The van der Waals surface area contributed by atoms with Crippen LogP contribution < -0.4 is 14.9 Å². The molecule has 0 spiro atoms. The van der Waals surface area contributed by atoms with E-state index in [1.54, 1.807) is 19.4 Å². The van der Waals surface area contributed by atoms with Gasteiger partial charge in [-0.25, -0.2) is 10.4 Å². The molecule has 6 nitrogen and oxygen atoms in total. The van der Waals surface area contributed by atoms with E-state index in [1.807, 2.05) is 48.7 Å². The maximum atomic E-state index is 12.1. The lowest BCUT2D eigenvalue weighted by Gasteiger charge is -2.12. The quantitative estimate of drug-likeness (QED) is 0.214. The number of hydrogen-bond donors (Lipinski definition) is 1. The number of thioether (sulfide) groups is 1. The SMILES string of the molecule is CCCOc1c(Br)cc(/C=N/NC(=O)CSc2nc(-c3ccccc3)cs2)cc1OC. The first-order chi connectivity index (χ1) is 15.1. The van der Waals surface area contributed by atoms with Crippen LogP contribution in [0.1, 0.15) is 18.9 Å². The van der Waals surface area contributed by atoms with Crippen LogP contribution >= 0.6 is 39.0 Å². The standard InChI is InChI=1S/C22H22BrN3O3S2/c1-3-9-29-21-17(23)10-15(11-19(21)28-2)12-24-26-20(27)14-31-22-25-18(13-30-22)16-7-5-4-6-8-16/h4-8,10-13H,3,9,14H2,1-2H3,(H,26,27)/b24-12+. The second-order valence-electron chi connectivity index (χ2n) is 6.33. The molecule has 0 saturated heterocycles. The van der Waals surface area contributed by atoms with Crippen LogP contribution in [-0.4, -0.2) is 36.6 Å². The van der Waals surface area contributed by atoms with E-state index >= 15 is 0 Å².